The molecular formula is C25H48O8. The van der Waals surface area contributed by atoms with Crippen LogP contribution in [-0.2, 0) is 14.3 Å². The summed E-state index contributed by atoms with van der Waals surface area (Å²) in [6.07, 6.45) is 16.8. The summed E-state index contributed by atoms with van der Waals surface area (Å²) in [6, 6.07) is 0. The van der Waals surface area contributed by atoms with Crippen molar-refractivity contribution in [2.24, 2.45) is 0 Å². The fourth-order valence-electron chi connectivity index (χ4n) is 3.04. The highest BCUT2D eigenvalue weighted by molar-refractivity contribution is 5.84. The van der Waals surface area contributed by atoms with Crippen LogP contribution in [0.5, 0.6) is 0 Å². The van der Waals surface area contributed by atoms with Crippen molar-refractivity contribution in [2.75, 3.05) is 20.3 Å². The Hall–Kier alpha value is -1.32. The Bertz CT molecular complexity index is 481. The van der Waals surface area contributed by atoms with E-state index in [4.69, 9.17) is 25.5 Å². The molecule has 5 N–H and O–H groups in total. The first-order valence-corrected chi connectivity index (χ1v) is 12.4. The Morgan fingerprint density at radius 3 is 1.73 bits per heavy atom. The summed E-state index contributed by atoms with van der Waals surface area (Å²) in [6.45, 7) is 0.579. The summed E-state index contributed by atoms with van der Waals surface area (Å²) in [4.78, 5) is 21.4. The van der Waals surface area contributed by atoms with Gasteiger partial charge in [-0.25, -0.2) is 0 Å². The van der Waals surface area contributed by atoms with Crippen LogP contribution in [0.15, 0.2) is 12.2 Å². The number of Topliss-reactive ketones (excluding diaryl/α,β-unsaturated/α-hetero) is 1. The minimum atomic E-state index is -1.86. The molecule has 0 saturated carbocycles. The molecule has 0 bridgehead atoms. The number of methoxy groups -OCH3 is 1. The highest BCUT2D eigenvalue weighted by atomic mass is 16.5. The molecule has 0 fully saturated rings. The van der Waals surface area contributed by atoms with Crippen LogP contribution in [0.2, 0.25) is 0 Å². The topological polar surface area (TPSA) is 145 Å². The lowest BCUT2D eigenvalue weighted by molar-refractivity contribution is -0.143. The molecule has 0 spiro atoms. The molecule has 0 aliphatic rings. The second-order valence-electron chi connectivity index (χ2n) is 8.22. The Kier molecular flexibility index (Phi) is 26.0. The van der Waals surface area contributed by atoms with E-state index in [0.717, 1.165) is 12.8 Å². The largest absolute Gasteiger partial charge is 0.469 e. The van der Waals surface area contributed by atoms with Gasteiger partial charge < -0.3 is 30.3 Å². The quantitative estimate of drug-likeness (QED) is 0.102. The second kappa shape index (κ2) is 25.3. The molecular weight excluding hydrogens is 428 g/mol. The van der Waals surface area contributed by atoms with Gasteiger partial charge in [-0.3, -0.25) is 9.59 Å². The van der Waals surface area contributed by atoms with E-state index in [9.17, 15) is 9.59 Å². The Balaban J connectivity index is 0. The van der Waals surface area contributed by atoms with Crippen LogP contribution >= 0.6 is 0 Å². The first kappa shape index (κ1) is 33.9. The minimum Gasteiger partial charge on any atom is -0.469 e. The van der Waals surface area contributed by atoms with Gasteiger partial charge >= 0.3 is 5.97 Å². The molecule has 8 heteroatoms. The highest BCUT2D eigenvalue weighted by Crippen LogP contribution is 2.10. The van der Waals surface area contributed by atoms with Gasteiger partial charge in [-0.2, -0.15) is 0 Å². The van der Waals surface area contributed by atoms with Gasteiger partial charge in [0.05, 0.1) is 13.7 Å². The lowest BCUT2D eigenvalue weighted by atomic mass is 10.1. The summed E-state index contributed by atoms with van der Waals surface area (Å²) in [7, 11) is 1.46. The maximum Gasteiger partial charge on any atom is 0.305 e. The van der Waals surface area contributed by atoms with Gasteiger partial charge in [-0.15, -0.1) is 0 Å². The second-order valence-corrected chi connectivity index (χ2v) is 8.22. The van der Waals surface area contributed by atoms with Crippen molar-refractivity contribution in [1.82, 2.24) is 0 Å². The van der Waals surface area contributed by atoms with Crippen molar-refractivity contribution in [3.05, 3.63) is 12.2 Å². The molecule has 0 amide bonds. The zero-order valence-electron chi connectivity index (χ0n) is 20.7. The van der Waals surface area contributed by atoms with Crippen molar-refractivity contribution in [1.29, 1.82) is 0 Å². The first-order chi connectivity index (χ1) is 15.8. The third-order valence-corrected chi connectivity index (χ3v) is 5.26. The normalized spacial score (nSPS) is 13.8. The van der Waals surface area contributed by atoms with Crippen molar-refractivity contribution in [2.45, 2.75) is 115 Å². The van der Waals surface area contributed by atoms with E-state index in [1.54, 1.807) is 0 Å². The Labute approximate surface area is 199 Å². The van der Waals surface area contributed by atoms with Crippen LogP contribution in [0.25, 0.3) is 0 Å². The fraction of sp³-hybridized carbons (Fsp3) is 0.840. The van der Waals surface area contributed by atoms with Crippen LogP contribution in [-0.4, -0.2) is 75.9 Å². The summed E-state index contributed by atoms with van der Waals surface area (Å²) in [5.74, 6) is -1.08. The average Bonchev–Trinajstić information content (AvgIpc) is 2.84. The number of hydrogen-bond acceptors (Lipinski definition) is 8. The van der Waals surface area contributed by atoms with Crippen LogP contribution < -0.4 is 0 Å². The van der Waals surface area contributed by atoms with Crippen molar-refractivity contribution >= 4 is 11.8 Å². The van der Waals surface area contributed by atoms with Crippen molar-refractivity contribution in [3.8, 4) is 0 Å². The molecule has 0 heterocycles. The molecule has 33 heavy (non-hydrogen) atoms. The minimum absolute atomic E-state index is 0.0763. The average molecular weight is 477 g/mol. The van der Waals surface area contributed by atoms with Crippen LogP contribution in [0, 0.1) is 0 Å². The number of carbonyl (C=O) groups excluding carboxylic acids is 2. The molecule has 196 valence electrons. The fourth-order valence-corrected chi connectivity index (χ4v) is 3.04. The summed E-state index contributed by atoms with van der Waals surface area (Å²) in [5, 5.41) is 43.1. The standard InChI is InChI=1S/C19H36O2.C6H12O6/c1-3-4-5-6-7-8-9-10-11-12-13-14-15-16-17-18-19(20)21-2;7-1-3(9)5(11)6(12)4(10)2-8/h10-11H,3-9,12-18H2,1-2H3;3,5-9,11-12H,1-2H2/b11-10-;/t;3-,5-,6-/m.1/s1. The summed E-state index contributed by atoms with van der Waals surface area (Å²) < 4.78 is 4.62. The number of ether oxygens (including phenoxy) is 1. The van der Waals surface area contributed by atoms with E-state index in [1.165, 1.54) is 77.7 Å². The number of hydrogen-bond donors (Lipinski definition) is 5. The van der Waals surface area contributed by atoms with Gasteiger partial charge in [0.25, 0.3) is 0 Å². The molecule has 0 radical (unpaired) electrons. The van der Waals surface area contributed by atoms with Crippen LogP contribution in [0.4, 0.5) is 0 Å². The predicted octanol–water partition coefficient (Wildman–Crippen LogP) is 2.82. The van der Waals surface area contributed by atoms with E-state index >= 15 is 0 Å². The van der Waals surface area contributed by atoms with Gasteiger partial charge in [0, 0.05) is 6.42 Å². The molecule has 0 unspecified atom stereocenters. The first-order valence-electron chi connectivity index (χ1n) is 12.4. The maximum absolute atomic E-state index is 10.9. The predicted molar refractivity (Wildman–Crippen MR) is 129 cm³/mol. The van der Waals surface area contributed by atoms with Crippen LogP contribution in [0.1, 0.15) is 96.8 Å². The zero-order valence-corrected chi connectivity index (χ0v) is 20.7. The molecule has 0 saturated heterocycles. The molecule has 3 atom stereocenters. The number of allylic oxidation sites excluding steroid dienone is 2. The molecule has 0 aromatic carbocycles. The molecule has 8 nitrogen and oxygen atoms in total. The maximum atomic E-state index is 10.9. The van der Waals surface area contributed by atoms with E-state index in [0.29, 0.717) is 6.42 Å². The van der Waals surface area contributed by atoms with E-state index < -0.39 is 37.3 Å². The summed E-state index contributed by atoms with van der Waals surface area (Å²) >= 11 is 0. The number of rotatable bonds is 20. The number of esters is 1. The lowest BCUT2D eigenvalue weighted by Crippen LogP contribution is -2.44. The molecule has 0 aromatic heterocycles. The van der Waals surface area contributed by atoms with E-state index in [1.807, 2.05) is 0 Å². The number of aliphatic hydroxyl groups excluding tert-OH is 5. The van der Waals surface area contributed by atoms with Crippen LogP contribution in [0.3, 0.4) is 0 Å². The molecule has 0 aliphatic heterocycles. The monoisotopic (exact) mass is 476 g/mol. The lowest BCUT2D eigenvalue weighted by Gasteiger charge is -2.19. The number of unbranched alkanes of at least 4 members (excludes halogenated alkanes) is 11. The molecule has 0 rings (SSSR count). The Morgan fingerprint density at radius 2 is 1.27 bits per heavy atom. The van der Waals surface area contributed by atoms with Gasteiger partial charge in [-0.05, 0) is 32.1 Å². The smallest absolute Gasteiger partial charge is 0.305 e. The highest BCUT2D eigenvalue weighted by Gasteiger charge is 2.28. The van der Waals surface area contributed by atoms with Crippen molar-refractivity contribution < 1.29 is 39.9 Å². The third-order valence-electron chi connectivity index (χ3n) is 5.26. The Morgan fingerprint density at radius 1 is 0.788 bits per heavy atom. The zero-order chi connectivity index (χ0) is 25.3. The van der Waals surface area contributed by atoms with Gasteiger partial charge in [-0.1, -0.05) is 70.4 Å². The molecule has 0 aliphatic carbocycles. The van der Waals surface area contributed by atoms with Gasteiger partial charge in [0.2, 0.25) is 0 Å². The summed E-state index contributed by atoms with van der Waals surface area (Å²) in [5.41, 5.74) is 0. The number of aliphatic hydroxyl groups is 5. The number of carbonyl (C=O) groups is 2. The van der Waals surface area contributed by atoms with Crippen molar-refractivity contribution in [3.63, 3.8) is 0 Å². The van der Waals surface area contributed by atoms with Gasteiger partial charge in [0.15, 0.2) is 5.78 Å². The van der Waals surface area contributed by atoms with Gasteiger partial charge in [0.1, 0.15) is 24.9 Å². The number of ketones is 1. The molecule has 0 aromatic rings. The SMILES string of the molecule is CCCCCCCC/C=C\CCCCCCCC(=O)OC.O=C(CO)[C@@H](O)[C@H](O)[C@H](O)CO. The van der Waals surface area contributed by atoms with E-state index in [2.05, 4.69) is 23.8 Å². The van der Waals surface area contributed by atoms with E-state index in [-0.39, 0.29) is 5.97 Å². The third kappa shape index (κ3) is 22.2.